The minimum Gasteiger partial charge on any atom is -0.489 e. The van der Waals surface area contributed by atoms with Crippen molar-refractivity contribution < 1.29 is 17.9 Å². The molecule has 1 aromatic rings. The molecule has 2 heterocycles. The van der Waals surface area contributed by atoms with Crippen molar-refractivity contribution in [1.29, 1.82) is 0 Å². The molecule has 1 unspecified atom stereocenters. The lowest BCUT2D eigenvalue weighted by atomic mass is 10.1. The first-order chi connectivity index (χ1) is 10.3. The van der Waals surface area contributed by atoms with Crippen LogP contribution in [0.2, 0.25) is 0 Å². The van der Waals surface area contributed by atoms with Gasteiger partial charge in [0.1, 0.15) is 12.4 Å². The Bertz CT molecular complexity index is 650. The summed E-state index contributed by atoms with van der Waals surface area (Å²) in [6.07, 6.45) is -4.41. The van der Waals surface area contributed by atoms with Crippen LogP contribution in [0, 0.1) is 0 Å². The maximum atomic E-state index is 12.9. The summed E-state index contributed by atoms with van der Waals surface area (Å²) in [5, 5.41) is 0.418. The van der Waals surface area contributed by atoms with Crippen LogP contribution in [0.4, 0.5) is 18.9 Å². The van der Waals surface area contributed by atoms with Gasteiger partial charge in [-0.25, -0.2) is 0 Å². The normalized spacial score (nSPS) is 20.5. The number of hydrogen-bond acceptors (Lipinski definition) is 3. The highest BCUT2D eigenvalue weighted by Gasteiger charge is 2.41. The Balaban J connectivity index is 1.97. The van der Waals surface area contributed by atoms with Gasteiger partial charge in [-0.1, -0.05) is 12.2 Å². The highest BCUT2D eigenvalue weighted by atomic mass is 32.1. The Hall–Kier alpha value is -1.61. The van der Waals surface area contributed by atoms with Crippen molar-refractivity contribution >= 4 is 40.2 Å². The Morgan fingerprint density at radius 3 is 2.77 bits per heavy atom. The van der Waals surface area contributed by atoms with E-state index < -0.39 is 11.7 Å². The van der Waals surface area contributed by atoms with Gasteiger partial charge in [0.15, 0.2) is 5.11 Å². The third kappa shape index (κ3) is 2.58. The molecule has 2 aliphatic heterocycles. The van der Waals surface area contributed by atoms with Gasteiger partial charge in [0.2, 0.25) is 0 Å². The van der Waals surface area contributed by atoms with Crippen LogP contribution in [0.25, 0.3) is 0 Å². The molecule has 1 fully saturated rings. The smallest absolute Gasteiger partial charge is 0.416 e. The van der Waals surface area contributed by atoms with Crippen molar-refractivity contribution in [1.82, 2.24) is 4.90 Å². The number of alkyl halides is 3. The number of benzene rings is 1. The molecule has 2 aliphatic rings. The van der Waals surface area contributed by atoms with Gasteiger partial charge >= 0.3 is 6.18 Å². The summed E-state index contributed by atoms with van der Waals surface area (Å²) in [6, 6.07) is 3.26. The zero-order valence-corrected chi connectivity index (χ0v) is 12.9. The molecule has 1 atom stereocenters. The van der Waals surface area contributed by atoms with Gasteiger partial charge in [0.25, 0.3) is 0 Å². The van der Waals surface area contributed by atoms with Crippen molar-refractivity contribution in [3.05, 3.63) is 23.8 Å². The Morgan fingerprint density at radius 2 is 2.14 bits per heavy atom. The Labute approximate surface area is 135 Å². The molecule has 0 spiro atoms. The third-order valence-electron chi connectivity index (χ3n) is 3.60. The van der Waals surface area contributed by atoms with E-state index in [4.69, 9.17) is 34.9 Å². The fourth-order valence-corrected chi connectivity index (χ4v) is 3.20. The van der Waals surface area contributed by atoms with Crippen LogP contribution in [0.15, 0.2) is 18.2 Å². The number of halogens is 3. The summed E-state index contributed by atoms with van der Waals surface area (Å²) >= 11 is 10.2. The largest absolute Gasteiger partial charge is 0.489 e. The average molecular weight is 347 g/mol. The van der Waals surface area contributed by atoms with Crippen LogP contribution < -0.4 is 15.4 Å². The molecule has 0 aliphatic carbocycles. The Morgan fingerprint density at radius 1 is 1.41 bits per heavy atom. The van der Waals surface area contributed by atoms with E-state index in [9.17, 15) is 13.2 Å². The van der Waals surface area contributed by atoms with E-state index in [0.717, 1.165) is 12.1 Å². The summed E-state index contributed by atoms with van der Waals surface area (Å²) < 4.78 is 44.3. The van der Waals surface area contributed by atoms with E-state index in [1.54, 1.807) is 9.80 Å². The van der Waals surface area contributed by atoms with Crippen LogP contribution >= 0.6 is 24.4 Å². The predicted molar refractivity (Wildman–Crippen MR) is 84.2 cm³/mol. The zero-order chi connectivity index (χ0) is 16.1. The highest BCUT2D eigenvalue weighted by Crippen LogP contribution is 2.41. The molecule has 2 N–H and O–H groups in total. The number of rotatable bonds is 2. The van der Waals surface area contributed by atoms with E-state index in [0.29, 0.717) is 36.2 Å². The standard InChI is InChI=1S/C13H12F3N3OS2/c14-13(15,16)7-1-2-10-9(3-7)19-8(6-20-10)4-18(12(19)22)5-11(17)21/h1-3,8H,4-6H2,(H2,17,21). The van der Waals surface area contributed by atoms with E-state index >= 15 is 0 Å². The number of hydrogen-bond donors (Lipinski definition) is 1. The summed E-state index contributed by atoms with van der Waals surface area (Å²) in [5.41, 5.74) is 5.14. The van der Waals surface area contributed by atoms with Crippen molar-refractivity contribution in [2.75, 3.05) is 24.6 Å². The number of ether oxygens (including phenoxy) is 1. The fourth-order valence-electron chi connectivity index (χ4n) is 2.66. The minimum atomic E-state index is -4.41. The lowest BCUT2D eigenvalue weighted by Gasteiger charge is -2.32. The van der Waals surface area contributed by atoms with Crippen LogP contribution in [0.5, 0.6) is 5.75 Å². The van der Waals surface area contributed by atoms with Gasteiger partial charge in [-0.15, -0.1) is 0 Å². The quantitative estimate of drug-likeness (QED) is 0.827. The number of fused-ring (bicyclic) bond motifs is 3. The highest BCUT2D eigenvalue weighted by molar-refractivity contribution is 7.80. The third-order valence-corrected chi connectivity index (χ3v) is 4.18. The zero-order valence-electron chi connectivity index (χ0n) is 11.3. The van der Waals surface area contributed by atoms with Crippen LogP contribution in [0.3, 0.4) is 0 Å². The number of anilines is 1. The molecule has 1 aromatic carbocycles. The maximum Gasteiger partial charge on any atom is 0.416 e. The summed E-state index contributed by atoms with van der Waals surface area (Å²) in [6.45, 7) is 1.17. The molecular weight excluding hydrogens is 335 g/mol. The summed E-state index contributed by atoms with van der Waals surface area (Å²) in [7, 11) is 0. The molecule has 0 aromatic heterocycles. The molecular formula is C13H12F3N3OS2. The van der Waals surface area contributed by atoms with Gasteiger partial charge in [0, 0.05) is 6.54 Å². The van der Waals surface area contributed by atoms with Gasteiger partial charge in [-0.05, 0) is 30.4 Å². The monoisotopic (exact) mass is 347 g/mol. The van der Waals surface area contributed by atoms with Gasteiger partial charge in [-0.3, -0.25) is 0 Å². The second kappa shape index (κ2) is 5.24. The molecule has 1 saturated heterocycles. The molecule has 9 heteroatoms. The number of nitrogens with zero attached hydrogens (tertiary/aromatic N) is 2. The first-order valence-corrected chi connectivity index (χ1v) is 7.29. The lowest BCUT2D eigenvalue weighted by Crippen LogP contribution is -2.42. The number of thiocarbonyl (C=S) groups is 2. The molecule has 3 rings (SSSR count). The van der Waals surface area contributed by atoms with Gasteiger partial charge in [-0.2, -0.15) is 13.2 Å². The molecule has 0 saturated carbocycles. The molecule has 118 valence electrons. The maximum absolute atomic E-state index is 12.9. The summed E-state index contributed by atoms with van der Waals surface area (Å²) in [5.74, 6) is 0.392. The van der Waals surface area contributed by atoms with Crippen molar-refractivity contribution in [2.45, 2.75) is 12.2 Å². The molecule has 0 radical (unpaired) electrons. The molecule has 4 nitrogen and oxygen atoms in total. The molecule has 0 bridgehead atoms. The van der Waals surface area contributed by atoms with Gasteiger partial charge < -0.3 is 20.3 Å². The molecule has 22 heavy (non-hydrogen) atoms. The summed E-state index contributed by atoms with van der Waals surface area (Å²) in [4.78, 5) is 3.76. The van der Waals surface area contributed by atoms with E-state index in [1.807, 2.05) is 0 Å². The number of nitrogens with two attached hydrogens (primary N) is 1. The van der Waals surface area contributed by atoms with Crippen molar-refractivity contribution in [2.24, 2.45) is 5.73 Å². The van der Waals surface area contributed by atoms with E-state index in [1.165, 1.54) is 6.07 Å². The fraction of sp³-hybridized carbons (Fsp3) is 0.385. The molecule has 0 amide bonds. The van der Waals surface area contributed by atoms with Crippen LogP contribution in [0.1, 0.15) is 5.56 Å². The predicted octanol–water partition coefficient (Wildman–Crippen LogP) is 2.16. The van der Waals surface area contributed by atoms with E-state index in [2.05, 4.69) is 0 Å². The average Bonchev–Trinajstić information content (AvgIpc) is 2.73. The topological polar surface area (TPSA) is 41.7 Å². The SMILES string of the molecule is NC(=S)CN1CC2COc3ccc(C(F)(F)F)cc3N2C1=S. The van der Waals surface area contributed by atoms with Crippen molar-refractivity contribution in [3.8, 4) is 5.75 Å². The first-order valence-electron chi connectivity index (χ1n) is 6.48. The first kappa shape index (κ1) is 15.3. The second-order valence-electron chi connectivity index (χ2n) is 5.14. The minimum absolute atomic E-state index is 0.141. The van der Waals surface area contributed by atoms with E-state index in [-0.39, 0.29) is 11.0 Å². The van der Waals surface area contributed by atoms with Crippen LogP contribution in [-0.4, -0.2) is 40.7 Å². The van der Waals surface area contributed by atoms with Crippen LogP contribution in [-0.2, 0) is 6.18 Å². The lowest BCUT2D eigenvalue weighted by molar-refractivity contribution is -0.137. The second-order valence-corrected chi connectivity index (χ2v) is 6.03. The van der Waals surface area contributed by atoms with Crippen molar-refractivity contribution in [3.63, 3.8) is 0 Å². The van der Waals surface area contributed by atoms with Gasteiger partial charge in [0.05, 0.1) is 28.8 Å². The Kier molecular flexibility index (Phi) is 3.64.